The molecule has 0 aromatic carbocycles. The van der Waals surface area contributed by atoms with Gasteiger partial charge in [0.1, 0.15) is 0 Å². The molecule has 0 aliphatic carbocycles. The number of methoxy groups -OCH3 is 1. The Morgan fingerprint density at radius 2 is 2.10 bits per heavy atom. The van der Waals surface area contributed by atoms with Crippen LogP contribution in [0.2, 0.25) is 0 Å². The summed E-state index contributed by atoms with van der Waals surface area (Å²) >= 11 is 0. The van der Waals surface area contributed by atoms with Crippen molar-refractivity contribution < 1.29 is 9.53 Å². The fraction of sp³-hybridized carbons (Fsp3) is 0.800. The first-order valence-corrected chi connectivity index (χ1v) is 2.77. The molecule has 0 saturated heterocycles. The van der Waals surface area contributed by atoms with E-state index < -0.39 is 0 Å². The number of hydrogen-bond donors (Lipinski definition) is 2. The molecule has 1 amide bonds. The summed E-state index contributed by atoms with van der Waals surface area (Å²) in [6.45, 7) is 1.36. The Hall–Kier alpha value is -0.480. The van der Waals surface area contributed by atoms with Crippen LogP contribution in [0.3, 0.4) is 0 Å². The second-order valence-corrected chi connectivity index (χ2v) is 1.52. The molecule has 10 heavy (non-hydrogen) atoms. The molecule has 0 unspecified atom stereocenters. The zero-order valence-corrected chi connectivity index (χ0v) is 6.96. The van der Waals surface area contributed by atoms with Crippen LogP contribution >= 0.6 is 12.4 Å². The Morgan fingerprint density at radius 3 is 2.50 bits per heavy atom. The number of hydrogen-bond acceptors (Lipinski definition) is 3. The first kappa shape index (κ1) is 12.2. The zero-order chi connectivity index (χ0) is 7.11. The fourth-order valence-corrected chi connectivity index (χ4v) is 0.362. The van der Waals surface area contributed by atoms with Gasteiger partial charge < -0.3 is 15.4 Å². The van der Waals surface area contributed by atoms with Gasteiger partial charge in [-0.1, -0.05) is 0 Å². The lowest BCUT2D eigenvalue weighted by atomic mass is 10.6. The van der Waals surface area contributed by atoms with E-state index in [9.17, 15) is 4.79 Å². The van der Waals surface area contributed by atoms with Gasteiger partial charge in [0, 0.05) is 13.1 Å². The summed E-state index contributed by atoms with van der Waals surface area (Å²) in [6.07, 6.45) is -0.384. The van der Waals surface area contributed by atoms with E-state index in [0.717, 1.165) is 6.54 Å². The molecule has 0 atom stereocenters. The van der Waals surface area contributed by atoms with Crippen LogP contribution in [0.5, 0.6) is 0 Å². The minimum atomic E-state index is -0.384. The van der Waals surface area contributed by atoms with Crippen LogP contribution in [-0.2, 0) is 4.74 Å². The van der Waals surface area contributed by atoms with Crippen molar-refractivity contribution in [2.24, 2.45) is 0 Å². The lowest BCUT2D eigenvalue weighted by Gasteiger charge is -2.00. The third kappa shape index (κ3) is 7.52. The van der Waals surface area contributed by atoms with Crippen molar-refractivity contribution in [2.75, 3.05) is 27.2 Å². The molecule has 4 nitrogen and oxygen atoms in total. The second-order valence-electron chi connectivity index (χ2n) is 1.52. The quantitative estimate of drug-likeness (QED) is 0.583. The Labute approximate surface area is 66.7 Å². The van der Waals surface area contributed by atoms with Crippen LogP contribution in [0.1, 0.15) is 0 Å². The van der Waals surface area contributed by atoms with Crippen molar-refractivity contribution in [3.05, 3.63) is 0 Å². The summed E-state index contributed by atoms with van der Waals surface area (Å²) in [5.74, 6) is 0. The van der Waals surface area contributed by atoms with Gasteiger partial charge in [-0.3, -0.25) is 0 Å². The highest BCUT2D eigenvalue weighted by Crippen LogP contribution is 1.67. The summed E-state index contributed by atoms with van der Waals surface area (Å²) in [4.78, 5) is 10.3. The maximum Gasteiger partial charge on any atom is 0.406 e. The Balaban J connectivity index is 0. The molecule has 0 aliphatic heterocycles. The number of halogens is 1. The highest BCUT2D eigenvalue weighted by molar-refractivity contribution is 5.85. The molecule has 0 aromatic rings. The standard InChI is InChI=1S/C5H12N2O2.ClH/c1-6-3-4-7-5(8)9-2;/h6H,3-4H2,1-2H3,(H,7,8);1H. The first-order chi connectivity index (χ1) is 4.31. The monoisotopic (exact) mass is 168 g/mol. The van der Waals surface area contributed by atoms with Crippen LogP contribution in [0.4, 0.5) is 4.79 Å². The highest BCUT2D eigenvalue weighted by atomic mass is 35.5. The van der Waals surface area contributed by atoms with E-state index in [1.54, 1.807) is 0 Å². The van der Waals surface area contributed by atoms with Gasteiger partial charge in [-0.2, -0.15) is 0 Å². The van der Waals surface area contributed by atoms with Crippen LogP contribution in [0.25, 0.3) is 0 Å². The second kappa shape index (κ2) is 8.52. The van der Waals surface area contributed by atoms with E-state index >= 15 is 0 Å². The molecular formula is C5H13ClN2O2. The van der Waals surface area contributed by atoms with Gasteiger partial charge in [-0.25, -0.2) is 4.79 Å². The Morgan fingerprint density at radius 1 is 1.50 bits per heavy atom. The lowest BCUT2D eigenvalue weighted by Crippen LogP contribution is -2.30. The Bertz CT molecular complexity index is 89.7. The van der Waals surface area contributed by atoms with E-state index in [2.05, 4.69) is 15.4 Å². The number of ether oxygens (including phenoxy) is 1. The molecule has 0 aromatic heterocycles. The molecule has 0 radical (unpaired) electrons. The molecular weight excluding hydrogens is 156 g/mol. The van der Waals surface area contributed by atoms with Gasteiger partial charge in [0.2, 0.25) is 0 Å². The van der Waals surface area contributed by atoms with Crippen LogP contribution in [-0.4, -0.2) is 33.3 Å². The van der Waals surface area contributed by atoms with Crippen molar-refractivity contribution in [1.82, 2.24) is 10.6 Å². The topological polar surface area (TPSA) is 50.4 Å². The molecule has 2 N–H and O–H groups in total. The number of likely N-dealkylation sites (N-methyl/N-ethyl adjacent to an activating group) is 1. The van der Waals surface area contributed by atoms with Crippen molar-refractivity contribution in [2.45, 2.75) is 0 Å². The molecule has 0 fully saturated rings. The number of carbonyl (C=O) groups is 1. The van der Waals surface area contributed by atoms with E-state index in [-0.39, 0.29) is 18.5 Å². The number of alkyl carbamates (subject to hydrolysis) is 1. The summed E-state index contributed by atoms with van der Waals surface area (Å²) < 4.78 is 4.32. The van der Waals surface area contributed by atoms with E-state index in [1.807, 2.05) is 7.05 Å². The fourth-order valence-electron chi connectivity index (χ4n) is 0.362. The van der Waals surface area contributed by atoms with Crippen LogP contribution < -0.4 is 10.6 Å². The van der Waals surface area contributed by atoms with Crippen molar-refractivity contribution in [1.29, 1.82) is 0 Å². The normalized spacial score (nSPS) is 7.80. The van der Waals surface area contributed by atoms with Gasteiger partial charge in [0.15, 0.2) is 0 Å². The zero-order valence-electron chi connectivity index (χ0n) is 6.14. The van der Waals surface area contributed by atoms with Crippen LogP contribution in [0, 0.1) is 0 Å². The van der Waals surface area contributed by atoms with Crippen molar-refractivity contribution >= 4 is 18.5 Å². The summed E-state index contributed by atoms with van der Waals surface area (Å²) in [5.41, 5.74) is 0. The third-order valence-electron chi connectivity index (χ3n) is 0.830. The maximum atomic E-state index is 10.3. The first-order valence-electron chi connectivity index (χ1n) is 2.77. The predicted molar refractivity (Wildman–Crippen MR) is 41.6 cm³/mol. The van der Waals surface area contributed by atoms with E-state index in [1.165, 1.54) is 7.11 Å². The molecule has 0 saturated carbocycles. The average molecular weight is 169 g/mol. The number of carbonyl (C=O) groups excluding carboxylic acids is 1. The predicted octanol–water partition coefficient (Wildman–Crippen LogP) is -0.0164. The summed E-state index contributed by atoms with van der Waals surface area (Å²) in [6, 6.07) is 0. The summed E-state index contributed by atoms with van der Waals surface area (Å²) in [7, 11) is 3.16. The van der Waals surface area contributed by atoms with Gasteiger partial charge in [0.25, 0.3) is 0 Å². The van der Waals surface area contributed by atoms with Gasteiger partial charge in [-0.05, 0) is 7.05 Å². The molecule has 0 rings (SSSR count). The largest absolute Gasteiger partial charge is 0.453 e. The van der Waals surface area contributed by atoms with Crippen LogP contribution in [0.15, 0.2) is 0 Å². The molecule has 0 heterocycles. The van der Waals surface area contributed by atoms with E-state index in [4.69, 9.17) is 0 Å². The Kier molecular flexibility index (Phi) is 10.4. The van der Waals surface area contributed by atoms with E-state index in [0.29, 0.717) is 6.54 Å². The molecule has 0 spiro atoms. The third-order valence-corrected chi connectivity index (χ3v) is 0.830. The molecule has 0 bridgehead atoms. The smallest absolute Gasteiger partial charge is 0.406 e. The molecule has 0 aliphatic rings. The maximum absolute atomic E-state index is 10.3. The minimum Gasteiger partial charge on any atom is -0.453 e. The number of rotatable bonds is 3. The number of amides is 1. The SMILES string of the molecule is CNCCNC(=O)OC.Cl. The van der Waals surface area contributed by atoms with Gasteiger partial charge in [-0.15, -0.1) is 12.4 Å². The molecule has 62 valence electrons. The van der Waals surface area contributed by atoms with Gasteiger partial charge >= 0.3 is 6.09 Å². The summed E-state index contributed by atoms with van der Waals surface area (Å²) in [5, 5.41) is 5.39. The number of nitrogens with one attached hydrogen (secondary N) is 2. The molecule has 5 heteroatoms. The van der Waals surface area contributed by atoms with Crippen molar-refractivity contribution in [3.8, 4) is 0 Å². The average Bonchev–Trinajstić information content (AvgIpc) is 1.89. The minimum absolute atomic E-state index is 0. The lowest BCUT2D eigenvalue weighted by molar-refractivity contribution is 0.171. The van der Waals surface area contributed by atoms with Crippen molar-refractivity contribution in [3.63, 3.8) is 0 Å². The highest BCUT2D eigenvalue weighted by Gasteiger charge is 1.93. The van der Waals surface area contributed by atoms with Gasteiger partial charge in [0.05, 0.1) is 7.11 Å².